The van der Waals surface area contributed by atoms with Crippen LogP contribution >= 0.6 is 0 Å². The predicted molar refractivity (Wildman–Crippen MR) is 96.6 cm³/mol. The topological polar surface area (TPSA) is 79.0 Å². The zero-order chi connectivity index (χ0) is 18.8. The third-order valence-electron chi connectivity index (χ3n) is 7.60. The molecule has 3 atom stereocenters. The van der Waals surface area contributed by atoms with E-state index in [1.165, 1.54) is 6.92 Å². The van der Waals surface area contributed by atoms with Crippen molar-refractivity contribution in [2.45, 2.75) is 57.1 Å². The van der Waals surface area contributed by atoms with Crippen LogP contribution in [0.5, 0.6) is 0 Å². The van der Waals surface area contributed by atoms with Crippen LogP contribution in [-0.4, -0.2) is 72.0 Å². The fourth-order valence-corrected chi connectivity index (χ4v) is 7.15. The number of nitrogens with zero attached hydrogens (tertiary/aromatic N) is 2. The summed E-state index contributed by atoms with van der Waals surface area (Å²) in [5, 5.41) is 2.93. The first kappa shape index (κ1) is 17.5. The fraction of sp³-hybridized carbons (Fsp3) is 0.850. The number of carbonyl (C=O) groups is 3. The van der Waals surface area contributed by atoms with Crippen molar-refractivity contribution in [3.63, 3.8) is 0 Å². The van der Waals surface area contributed by atoms with Gasteiger partial charge in [-0.25, -0.2) is 0 Å². The number of nitrogens with one attached hydrogen (secondary N) is 1. The van der Waals surface area contributed by atoms with Gasteiger partial charge < -0.3 is 15.0 Å². The molecule has 2 amide bonds. The molecule has 1 N–H and O–H groups in total. The molecule has 0 unspecified atom stereocenters. The molecule has 4 aliphatic carbocycles. The van der Waals surface area contributed by atoms with Crippen molar-refractivity contribution in [2.75, 3.05) is 32.7 Å². The molecule has 2 heterocycles. The highest BCUT2D eigenvalue weighted by atomic mass is 16.6. The molecule has 0 radical (unpaired) electrons. The molecule has 0 aromatic carbocycles. The Balaban J connectivity index is 1.38. The van der Waals surface area contributed by atoms with E-state index in [0.29, 0.717) is 37.9 Å². The van der Waals surface area contributed by atoms with Gasteiger partial charge in [0.05, 0.1) is 5.41 Å². The first-order chi connectivity index (χ1) is 12.9. The Labute approximate surface area is 159 Å². The van der Waals surface area contributed by atoms with Crippen molar-refractivity contribution in [2.24, 2.45) is 17.3 Å². The normalized spacial score (nSPS) is 43.2. The first-order valence-corrected chi connectivity index (χ1v) is 10.4. The second kappa shape index (κ2) is 5.93. The van der Waals surface area contributed by atoms with Gasteiger partial charge in [-0.05, 0) is 43.9 Å². The van der Waals surface area contributed by atoms with E-state index in [9.17, 15) is 14.4 Å². The molecule has 148 valence electrons. The fourth-order valence-electron chi connectivity index (χ4n) is 7.15. The average Bonchev–Trinajstić information content (AvgIpc) is 2.59. The lowest BCUT2D eigenvalue weighted by atomic mass is 9.47. The monoisotopic (exact) mass is 375 g/mol. The van der Waals surface area contributed by atoms with Crippen LogP contribution in [-0.2, 0) is 19.1 Å². The van der Waals surface area contributed by atoms with Crippen LogP contribution in [0.15, 0.2) is 0 Å². The Morgan fingerprint density at radius 2 is 1.85 bits per heavy atom. The number of rotatable bonds is 2. The van der Waals surface area contributed by atoms with Crippen LogP contribution in [0.4, 0.5) is 0 Å². The summed E-state index contributed by atoms with van der Waals surface area (Å²) in [7, 11) is 0. The summed E-state index contributed by atoms with van der Waals surface area (Å²) in [5.74, 6) is 0.974. The molecule has 7 heteroatoms. The van der Waals surface area contributed by atoms with Gasteiger partial charge in [-0.3, -0.25) is 19.3 Å². The standard InChI is InChI=1S/C20H29N3O4/c1-13(24)27-20-9-14-6-15(10-20)8-19(7-14,12-20)18(26)23-5-4-22-3-2-21-17(25)16(22)11-23/h14-16H,2-12H2,1H3,(H,21,25)/t14-,15-,16+,19?,20?/m1/s1. The summed E-state index contributed by atoms with van der Waals surface area (Å²) < 4.78 is 5.83. The Morgan fingerprint density at radius 1 is 1.11 bits per heavy atom. The van der Waals surface area contributed by atoms with Crippen LogP contribution in [0.3, 0.4) is 0 Å². The van der Waals surface area contributed by atoms with Crippen LogP contribution in [0.2, 0.25) is 0 Å². The zero-order valence-corrected chi connectivity index (χ0v) is 16.0. The number of fused-ring (bicyclic) bond motifs is 1. The maximum Gasteiger partial charge on any atom is 0.303 e. The van der Waals surface area contributed by atoms with Gasteiger partial charge in [0.15, 0.2) is 0 Å². The first-order valence-electron chi connectivity index (χ1n) is 10.4. The van der Waals surface area contributed by atoms with Gasteiger partial charge in [0.2, 0.25) is 11.8 Å². The number of ether oxygens (including phenoxy) is 1. The number of piperazine rings is 2. The maximum atomic E-state index is 13.7. The van der Waals surface area contributed by atoms with Gasteiger partial charge in [-0.15, -0.1) is 0 Å². The summed E-state index contributed by atoms with van der Waals surface area (Å²) in [6.45, 7) is 4.99. The third-order valence-corrected chi connectivity index (χ3v) is 7.60. The van der Waals surface area contributed by atoms with Gasteiger partial charge in [-0.2, -0.15) is 0 Å². The summed E-state index contributed by atoms with van der Waals surface area (Å²) in [6.07, 6.45) is 5.50. The summed E-state index contributed by atoms with van der Waals surface area (Å²) in [5.41, 5.74) is -0.831. The summed E-state index contributed by atoms with van der Waals surface area (Å²) in [6, 6.07) is -0.215. The second-order valence-corrected chi connectivity index (χ2v) is 9.61. The van der Waals surface area contributed by atoms with Crippen molar-refractivity contribution < 1.29 is 19.1 Å². The Hall–Kier alpha value is -1.63. The number of carbonyl (C=O) groups excluding carboxylic acids is 3. The van der Waals surface area contributed by atoms with E-state index in [0.717, 1.165) is 45.2 Å². The highest BCUT2D eigenvalue weighted by molar-refractivity contribution is 5.87. The molecule has 6 rings (SSSR count). The van der Waals surface area contributed by atoms with E-state index in [1.807, 2.05) is 4.90 Å². The average molecular weight is 375 g/mol. The molecule has 0 spiro atoms. The van der Waals surface area contributed by atoms with Crippen molar-refractivity contribution in [1.82, 2.24) is 15.1 Å². The van der Waals surface area contributed by atoms with E-state index in [-0.39, 0.29) is 23.8 Å². The van der Waals surface area contributed by atoms with Crippen LogP contribution in [0, 0.1) is 17.3 Å². The van der Waals surface area contributed by atoms with E-state index >= 15 is 0 Å². The van der Waals surface area contributed by atoms with Crippen molar-refractivity contribution in [1.29, 1.82) is 0 Å². The van der Waals surface area contributed by atoms with Gasteiger partial charge in [-0.1, -0.05) is 0 Å². The molecule has 27 heavy (non-hydrogen) atoms. The van der Waals surface area contributed by atoms with Gasteiger partial charge >= 0.3 is 5.97 Å². The molecule has 6 fully saturated rings. The molecule has 0 aromatic rings. The van der Waals surface area contributed by atoms with Crippen molar-refractivity contribution >= 4 is 17.8 Å². The van der Waals surface area contributed by atoms with E-state index in [1.54, 1.807) is 0 Å². The molecule has 0 aromatic heterocycles. The van der Waals surface area contributed by atoms with Gasteiger partial charge in [0.1, 0.15) is 11.6 Å². The minimum atomic E-state index is -0.435. The molecule has 4 bridgehead atoms. The molecule has 6 aliphatic rings. The minimum absolute atomic E-state index is 0.0423. The number of esters is 1. The van der Waals surface area contributed by atoms with Crippen LogP contribution in [0.25, 0.3) is 0 Å². The highest BCUT2D eigenvalue weighted by Crippen LogP contribution is 2.63. The Kier molecular flexibility index (Phi) is 3.84. The summed E-state index contributed by atoms with van der Waals surface area (Å²) in [4.78, 5) is 41.8. The lowest BCUT2D eigenvalue weighted by molar-refractivity contribution is -0.206. The van der Waals surface area contributed by atoms with Crippen LogP contribution < -0.4 is 5.32 Å². The maximum absolute atomic E-state index is 13.7. The molecular formula is C20H29N3O4. The number of hydrogen-bond acceptors (Lipinski definition) is 5. The molecule has 2 saturated heterocycles. The summed E-state index contributed by atoms with van der Waals surface area (Å²) >= 11 is 0. The largest absolute Gasteiger partial charge is 0.459 e. The van der Waals surface area contributed by atoms with Gasteiger partial charge in [0, 0.05) is 46.1 Å². The smallest absolute Gasteiger partial charge is 0.303 e. The second-order valence-electron chi connectivity index (χ2n) is 9.61. The van der Waals surface area contributed by atoms with E-state index in [2.05, 4.69) is 10.2 Å². The molecular weight excluding hydrogens is 346 g/mol. The third kappa shape index (κ3) is 2.77. The van der Waals surface area contributed by atoms with Crippen molar-refractivity contribution in [3.05, 3.63) is 0 Å². The molecule has 2 aliphatic heterocycles. The lowest BCUT2D eigenvalue weighted by Crippen LogP contribution is -2.67. The number of hydrogen-bond donors (Lipinski definition) is 1. The number of amides is 2. The Morgan fingerprint density at radius 3 is 2.56 bits per heavy atom. The zero-order valence-electron chi connectivity index (χ0n) is 16.0. The minimum Gasteiger partial charge on any atom is -0.459 e. The van der Waals surface area contributed by atoms with Crippen molar-refractivity contribution in [3.8, 4) is 0 Å². The lowest BCUT2D eigenvalue weighted by Gasteiger charge is -2.61. The predicted octanol–water partition coefficient (Wildman–Crippen LogP) is 0.531. The quantitative estimate of drug-likeness (QED) is 0.713. The highest BCUT2D eigenvalue weighted by Gasteiger charge is 2.63. The van der Waals surface area contributed by atoms with Gasteiger partial charge in [0.25, 0.3) is 0 Å². The van der Waals surface area contributed by atoms with E-state index < -0.39 is 11.0 Å². The molecule has 4 saturated carbocycles. The SMILES string of the molecule is CC(=O)OC12C[C@@H]3C[C@@H](C1)CC(C(=O)N1CCN4CCNC(=O)[C@@H]4C1)(C3)C2. The van der Waals surface area contributed by atoms with Crippen LogP contribution in [0.1, 0.15) is 45.4 Å². The molecule has 7 nitrogen and oxygen atoms in total. The van der Waals surface area contributed by atoms with E-state index in [4.69, 9.17) is 4.74 Å². The Bertz CT molecular complexity index is 679.